The highest BCUT2D eigenvalue weighted by atomic mass is 35.5. The first-order valence-electron chi connectivity index (χ1n) is 10.0. The molecule has 0 saturated carbocycles. The van der Waals surface area contributed by atoms with Crippen molar-refractivity contribution in [1.82, 2.24) is 21.3 Å². The number of anilines is 2. The van der Waals surface area contributed by atoms with Crippen LogP contribution in [-0.2, 0) is 11.2 Å². The Morgan fingerprint density at radius 1 is 1.10 bits per heavy atom. The largest absolute Gasteiger partial charge is 0.368 e. The maximum Gasteiger partial charge on any atom is 0.244 e. The third-order valence-corrected chi connectivity index (χ3v) is 5.74. The molecule has 2 aliphatic heterocycles. The minimum atomic E-state index is -0.390. The second-order valence-corrected chi connectivity index (χ2v) is 7.79. The van der Waals surface area contributed by atoms with Gasteiger partial charge in [0.1, 0.15) is 12.2 Å². The zero-order chi connectivity index (χ0) is 20.2. The predicted molar refractivity (Wildman–Crippen MR) is 117 cm³/mol. The molecular weight excluding hydrogens is 388 g/mol. The normalized spacial score (nSPS) is 22.0. The average Bonchev–Trinajstić information content (AvgIpc) is 3.22. The lowest BCUT2D eigenvalue weighted by atomic mass is 10.1. The summed E-state index contributed by atoms with van der Waals surface area (Å²) in [4.78, 5) is 17.3. The van der Waals surface area contributed by atoms with Crippen LogP contribution in [0.5, 0.6) is 0 Å². The average molecular weight is 415 g/mol. The molecule has 1 amide bonds. The number of benzene rings is 2. The third-order valence-electron chi connectivity index (χ3n) is 5.50. The Hall–Kier alpha value is -2.32. The molecular formula is C21H27ClN6O. The zero-order valence-electron chi connectivity index (χ0n) is 16.5. The Labute approximate surface area is 176 Å². The van der Waals surface area contributed by atoms with Gasteiger partial charge in [-0.15, -0.1) is 0 Å². The molecule has 2 unspecified atom stereocenters. The molecule has 7 nitrogen and oxygen atoms in total. The number of nitrogens with one attached hydrogen (secondary N) is 4. The summed E-state index contributed by atoms with van der Waals surface area (Å²) < 4.78 is 0. The fourth-order valence-corrected chi connectivity index (χ4v) is 3.94. The SMILES string of the molecule is CCc1ccc(NC2NNNC2C(=O)N2CCN(c3cccc(Cl)c3)CC2)cc1. The molecule has 8 heteroatoms. The maximum atomic E-state index is 13.1. The summed E-state index contributed by atoms with van der Waals surface area (Å²) in [6.07, 6.45) is 0.772. The van der Waals surface area contributed by atoms with Crippen LogP contribution in [0.2, 0.25) is 5.02 Å². The lowest BCUT2D eigenvalue weighted by molar-refractivity contribution is -0.133. The molecule has 4 N–H and O–H groups in total. The number of carbonyl (C=O) groups excluding carboxylic acids is 1. The van der Waals surface area contributed by atoms with Crippen molar-refractivity contribution in [2.24, 2.45) is 0 Å². The fraction of sp³-hybridized carbons (Fsp3) is 0.381. The molecule has 0 radical (unpaired) electrons. The summed E-state index contributed by atoms with van der Waals surface area (Å²) in [6, 6.07) is 15.8. The van der Waals surface area contributed by atoms with Gasteiger partial charge in [-0.1, -0.05) is 36.7 Å². The van der Waals surface area contributed by atoms with Crippen LogP contribution in [0, 0.1) is 0 Å². The number of nitrogens with zero attached hydrogens (tertiary/aromatic N) is 2. The van der Waals surface area contributed by atoms with Crippen LogP contribution in [0.15, 0.2) is 48.5 Å². The molecule has 2 aromatic carbocycles. The lowest BCUT2D eigenvalue weighted by Crippen LogP contribution is -2.57. The predicted octanol–water partition coefficient (Wildman–Crippen LogP) is 1.97. The zero-order valence-corrected chi connectivity index (χ0v) is 17.2. The van der Waals surface area contributed by atoms with E-state index in [0.717, 1.165) is 35.9 Å². The number of hydrazine groups is 2. The first kappa shape index (κ1) is 20.0. The molecule has 0 aliphatic carbocycles. The second kappa shape index (κ2) is 9.00. The summed E-state index contributed by atoms with van der Waals surface area (Å²) >= 11 is 6.11. The molecule has 4 rings (SSSR count). The van der Waals surface area contributed by atoms with E-state index in [9.17, 15) is 4.79 Å². The molecule has 2 aliphatic rings. The van der Waals surface area contributed by atoms with Crippen LogP contribution in [-0.4, -0.2) is 49.2 Å². The topological polar surface area (TPSA) is 71.7 Å². The van der Waals surface area contributed by atoms with Crippen LogP contribution in [0.25, 0.3) is 0 Å². The van der Waals surface area contributed by atoms with Crippen LogP contribution in [0.4, 0.5) is 11.4 Å². The Bertz CT molecular complexity index is 837. The minimum absolute atomic E-state index is 0.0796. The van der Waals surface area contributed by atoms with Gasteiger partial charge in [0.25, 0.3) is 0 Å². The standard InChI is InChI=1S/C21H27ClN6O/c1-2-15-6-8-17(9-7-15)23-20-19(24-26-25-20)21(29)28-12-10-27(11-13-28)18-5-3-4-16(22)14-18/h3-9,14,19-20,23-26H,2,10-13H2,1H3. The van der Waals surface area contributed by atoms with E-state index in [-0.39, 0.29) is 12.1 Å². The van der Waals surface area contributed by atoms with E-state index in [1.165, 1.54) is 5.56 Å². The summed E-state index contributed by atoms with van der Waals surface area (Å²) in [5, 5.41) is 4.13. The van der Waals surface area contributed by atoms with Gasteiger partial charge in [-0.05, 0) is 42.3 Å². The Kier molecular flexibility index (Phi) is 6.20. The van der Waals surface area contributed by atoms with Crippen molar-refractivity contribution in [2.75, 3.05) is 36.4 Å². The molecule has 2 fully saturated rings. The molecule has 0 aromatic heterocycles. The third kappa shape index (κ3) is 4.64. The number of carbonyl (C=O) groups is 1. The van der Waals surface area contributed by atoms with Crippen molar-refractivity contribution in [2.45, 2.75) is 25.6 Å². The van der Waals surface area contributed by atoms with E-state index >= 15 is 0 Å². The molecule has 0 bridgehead atoms. The molecule has 29 heavy (non-hydrogen) atoms. The quantitative estimate of drug-likeness (QED) is 0.599. The minimum Gasteiger partial charge on any atom is -0.368 e. The number of rotatable bonds is 5. The van der Waals surface area contributed by atoms with Gasteiger partial charge in [0, 0.05) is 42.6 Å². The van der Waals surface area contributed by atoms with Crippen LogP contribution in [0.3, 0.4) is 0 Å². The van der Waals surface area contributed by atoms with E-state index in [0.29, 0.717) is 13.1 Å². The summed E-state index contributed by atoms with van der Waals surface area (Å²) in [5.74, 6) is 0.0796. The molecule has 2 atom stereocenters. The number of hydrogen-bond acceptors (Lipinski definition) is 6. The van der Waals surface area contributed by atoms with Crippen molar-refractivity contribution >= 4 is 28.9 Å². The van der Waals surface area contributed by atoms with E-state index in [1.807, 2.05) is 35.2 Å². The van der Waals surface area contributed by atoms with Crippen LogP contribution < -0.4 is 26.6 Å². The van der Waals surface area contributed by atoms with Crippen LogP contribution >= 0.6 is 11.6 Å². The van der Waals surface area contributed by atoms with E-state index in [1.54, 1.807) is 0 Å². The molecule has 2 heterocycles. The summed E-state index contributed by atoms with van der Waals surface area (Å²) in [7, 11) is 0. The van der Waals surface area contributed by atoms with Crippen LogP contribution in [0.1, 0.15) is 12.5 Å². The number of hydrogen-bond donors (Lipinski definition) is 4. The van der Waals surface area contributed by atoms with Gasteiger partial charge in [-0.25, -0.2) is 10.9 Å². The van der Waals surface area contributed by atoms with Gasteiger partial charge in [-0.3, -0.25) is 4.79 Å². The Balaban J connectivity index is 1.35. The van der Waals surface area contributed by atoms with Crippen molar-refractivity contribution in [3.8, 4) is 0 Å². The Morgan fingerprint density at radius 3 is 2.55 bits per heavy atom. The van der Waals surface area contributed by atoms with Gasteiger partial charge in [-0.2, -0.15) is 5.53 Å². The van der Waals surface area contributed by atoms with Gasteiger partial charge in [0.05, 0.1) is 0 Å². The fourth-order valence-electron chi connectivity index (χ4n) is 3.76. The van der Waals surface area contributed by atoms with Gasteiger partial charge < -0.3 is 15.1 Å². The summed E-state index contributed by atoms with van der Waals surface area (Å²) in [5.41, 5.74) is 12.4. The number of amides is 1. The smallest absolute Gasteiger partial charge is 0.244 e. The first-order valence-corrected chi connectivity index (χ1v) is 10.4. The van der Waals surface area contributed by atoms with Gasteiger partial charge in [0.2, 0.25) is 5.91 Å². The van der Waals surface area contributed by atoms with E-state index in [4.69, 9.17) is 11.6 Å². The van der Waals surface area contributed by atoms with Gasteiger partial charge >= 0.3 is 0 Å². The van der Waals surface area contributed by atoms with E-state index < -0.39 is 6.04 Å². The van der Waals surface area contributed by atoms with Crippen molar-refractivity contribution in [1.29, 1.82) is 0 Å². The maximum absolute atomic E-state index is 13.1. The summed E-state index contributed by atoms with van der Waals surface area (Å²) in [6.45, 7) is 5.07. The number of halogens is 1. The van der Waals surface area contributed by atoms with Crippen molar-refractivity contribution in [3.05, 3.63) is 59.1 Å². The second-order valence-electron chi connectivity index (χ2n) is 7.36. The Morgan fingerprint density at radius 2 is 1.86 bits per heavy atom. The molecule has 2 aromatic rings. The monoisotopic (exact) mass is 414 g/mol. The first-order chi connectivity index (χ1) is 14.1. The lowest BCUT2D eigenvalue weighted by Gasteiger charge is -2.37. The number of aryl methyl sites for hydroxylation is 1. The molecule has 154 valence electrons. The molecule has 2 saturated heterocycles. The highest BCUT2D eigenvalue weighted by Gasteiger charge is 2.36. The molecule has 0 spiro atoms. The highest BCUT2D eigenvalue weighted by Crippen LogP contribution is 2.21. The van der Waals surface area contributed by atoms with Crippen molar-refractivity contribution < 1.29 is 4.79 Å². The highest BCUT2D eigenvalue weighted by molar-refractivity contribution is 6.30. The van der Waals surface area contributed by atoms with E-state index in [2.05, 4.69) is 51.7 Å². The van der Waals surface area contributed by atoms with Gasteiger partial charge in [0.15, 0.2) is 0 Å². The number of piperazine rings is 1. The van der Waals surface area contributed by atoms with Crippen molar-refractivity contribution in [3.63, 3.8) is 0 Å².